The first kappa shape index (κ1) is 16.0. The number of nitrogens with zero attached hydrogens (tertiary/aromatic N) is 4. The van der Waals surface area contributed by atoms with Gasteiger partial charge in [-0.3, -0.25) is 0 Å². The molecule has 0 aliphatic heterocycles. The smallest absolute Gasteiger partial charge is 0.222 e. The first-order valence-electron chi connectivity index (χ1n) is 6.64. The van der Waals surface area contributed by atoms with E-state index in [2.05, 4.69) is 32.0 Å². The van der Waals surface area contributed by atoms with Gasteiger partial charge in [0, 0.05) is 0 Å². The number of nitrogens with two attached hydrogens (primary N) is 2. The van der Waals surface area contributed by atoms with Crippen LogP contribution < -0.4 is 11.5 Å². The number of thioether (sulfide) groups is 1. The molecule has 0 spiro atoms. The van der Waals surface area contributed by atoms with E-state index in [1.165, 1.54) is 0 Å². The Kier molecular flexibility index (Phi) is 4.52. The van der Waals surface area contributed by atoms with Gasteiger partial charge >= 0.3 is 0 Å². The molecule has 0 atom stereocenters. The second-order valence-corrected chi connectivity index (χ2v) is 6.09. The highest BCUT2D eigenvalue weighted by atomic mass is 32.2. The van der Waals surface area contributed by atoms with Crippen LogP contribution in [0.4, 0.5) is 11.8 Å². The standard InChI is InChI=1S/C15H18N6S/c1-9-10(13(16)19-14(17)18-9)7-8-15(2,3)11-5-6-12(22-4)21-20-11/h5-6H,1-4H3,(H4,16,17,18,19). The lowest BCUT2D eigenvalue weighted by atomic mass is 9.89. The van der Waals surface area contributed by atoms with E-state index in [1.807, 2.05) is 32.2 Å². The van der Waals surface area contributed by atoms with Crippen molar-refractivity contribution in [2.45, 2.75) is 31.2 Å². The molecule has 0 amide bonds. The number of aromatic nitrogens is 4. The van der Waals surface area contributed by atoms with E-state index in [-0.39, 0.29) is 11.8 Å². The number of hydrogen-bond donors (Lipinski definition) is 2. The monoisotopic (exact) mass is 314 g/mol. The van der Waals surface area contributed by atoms with E-state index in [4.69, 9.17) is 11.5 Å². The van der Waals surface area contributed by atoms with E-state index in [0.717, 1.165) is 10.7 Å². The van der Waals surface area contributed by atoms with Gasteiger partial charge in [-0.25, -0.2) is 4.98 Å². The highest BCUT2D eigenvalue weighted by Crippen LogP contribution is 2.22. The number of aryl methyl sites for hydroxylation is 1. The molecular formula is C15H18N6S. The Bertz CT molecular complexity index is 720. The molecule has 0 aliphatic rings. The van der Waals surface area contributed by atoms with Gasteiger partial charge < -0.3 is 11.5 Å². The summed E-state index contributed by atoms with van der Waals surface area (Å²) in [6, 6.07) is 3.87. The van der Waals surface area contributed by atoms with Crippen molar-refractivity contribution in [1.82, 2.24) is 20.2 Å². The van der Waals surface area contributed by atoms with Crippen LogP contribution in [0.2, 0.25) is 0 Å². The minimum atomic E-state index is -0.468. The topological polar surface area (TPSA) is 104 Å². The number of rotatable bonds is 2. The summed E-state index contributed by atoms with van der Waals surface area (Å²) in [4.78, 5) is 8.03. The Labute approximate surface area is 134 Å². The van der Waals surface area contributed by atoms with Crippen LogP contribution in [0.3, 0.4) is 0 Å². The third-order valence-corrected chi connectivity index (χ3v) is 3.76. The van der Waals surface area contributed by atoms with Crippen LogP contribution in [0.25, 0.3) is 0 Å². The lowest BCUT2D eigenvalue weighted by molar-refractivity contribution is 0.644. The van der Waals surface area contributed by atoms with Gasteiger partial charge in [0.2, 0.25) is 5.95 Å². The number of anilines is 2. The Balaban J connectivity index is 2.37. The molecule has 0 saturated heterocycles. The van der Waals surface area contributed by atoms with Crippen LogP contribution in [-0.4, -0.2) is 26.4 Å². The average Bonchev–Trinajstić information content (AvgIpc) is 2.46. The number of nitrogen functional groups attached to an aromatic ring is 2. The SMILES string of the molecule is CSc1ccc(C(C)(C)C#Cc2c(C)nc(N)nc2N)nn1. The molecule has 0 aromatic carbocycles. The van der Waals surface area contributed by atoms with E-state index in [1.54, 1.807) is 18.7 Å². The van der Waals surface area contributed by atoms with Crippen LogP contribution in [-0.2, 0) is 5.41 Å². The van der Waals surface area contributed by atoms with Crippen molar-refractivity contribution in [2.75, 3.05) is 17.7 Å². The molecule has 0 bridgehead atoms. The largest absolute Gasteiger partial charge is 0.382 e. The predicted octanol–water partition coefficient (Wildman–Crippen LogP) is 1.79. The van der Waals surface area contributed by atoms with Gasteiger partial charge in [0.25, 0.3) is 0 Å². The first-order chi connectivity index (χ1) is 10.3. The summed E-state index contributed by atoms with van der Waals surface area (Å²) >= 11 is 1.55. The Morgan fingerprint density at radius 2 is 1.86 bits per heavy atom. The van der Waals surface area contributed by atoms with E-state index in [9.17, 15) is 0 Å². The zero-order valence-electron chi connectivity index (χ0n) is 13.0. The first-order valence-corrected chi connectivity index (χ1v) is 7.87. The van der Waals surface area contributed by atoms with Gasteiger partial charge in [0.15, 0.2) is 0 Å². The van der Waals surface area contributed by atoms with E-state index in [0.29, 0.717) is 11.3 Å². The average molecular weight is 314 g/mol. The minimum absolute atomic E-state index is 0.151. The van der Waals surface area contributed by atoms with Crippen molar-refractivity contribution >= 4 is 23.5 Å². The summed E-state index contributed by atoms with van der Waals surface area (Å²) in [6.45, 7) is 5.76. The maximum Gasteiger partial charge on any atom is 0.222 e. The van der Waals surface area contributed by atoms with Gasteiger partial charge in [-0.2, -0.15) is 10.1 Å². The van der Waals surface area contributed by atoms with E-state index < -0.39 is 5.41 Å². The second kappa shape index (κ2) is 6.20. The second-order valence-electron chi connectivity index (χ2n) is 5.26. The lowest BCUT2D eigenvalue weighted by Crippen LogP contribution is -2.17. The molecule has 6 nitrogen and oxygen atoms in total. The highest BCUT2D eigenvalue weighted by molar-refractivity contribution is 7.98. The highest BCUT2D eigenvalue weighted by Gasteiger charge is 2.20. The summed E-state index contributed by atoms with van der Waals surface area (Å²) in [6.07, 6.45) is 1.96. The fourth-order valence-corrected chi connectivity index (χ4v) is 2.14. The molecule has 2 aromatic rings. The fraction of sp³-hybridized carbons (Fsp3) is 0.333. The Morgan fingerprint density at radius 3 is 2.41 bits per heavy atom. The third kappa shape index (κ3) is 3.46. The van der Waals surface area contributed by atoms with Crippen molar-refractivity contribution in [3.63, 3.8) is 0 Å². The van der Waals surface area contributed by atoms with Crippen LogP contribution in [0.15, 0.2) is 17.2 Å². The summed E-state index contributed by atoms with van der Waals surface area (Å²) < 4.78 is 0. The molecule has 0 saturated carbocycles. The van der Waals surface area contributed by atoms with Crippen LogP contribution in [0.1, 0.15) is 30.8 Å². The maximum atomic E-state index is 5.86. The molecule has 4 N–H and O–H groups in total. The van der Waals surface area contributed by atoms with Crippen molar-refractivity contribution in [3.8, 4) is 11.8 Å². The van der Waals surface area contributed by atoms with E-state index >= 15 is 0 Å². The molecular weight excluding hydrogens is 296 g/mol. The molecule has 114 valence electrons. The van der Waals surface area contributed by atoms with Crippen LogP contribution in [0, 0.1) is 18.8 Å². The summed E-state index contributed by atoms with van der Waals surface area (Å²) in [5.41, 5.74) is 13.0. The fourth-order valence-electron chi connectivity index (χ4n) is 1.82. The molecule has 7 heteroatoms. The zero-order chi connectivity index (χ0) is 16.3. The molecule has 2 aromatic heterocycles. The Morgan fingerprint density at radius 1 is 1.14 bits per heavy atom. The van der Waals surface area contributed by atoms with Gasteiger partial charge in [-0.1, -0.05) is 11.8 Å². The minimum Gasteiger partial charge on any atom is -0.382 e. The predicted molar refractivity (Wildman–Crippen MR) is 89.3 cm³/mol. The molecule has 22 heavy (non-hydrogen) atoms. The molecule has 2 heterocycles. The molecule has 0 radical (unpaired) electrons. The summed E-state index contributed by atoms with van der Waals surface area (Å²) in [7, 11) is 0. The van der Waals surface area contributed by atoms with Crippen LogP contribution >= 0.6 is 11.8 Å². The summed E-state index contributed by atoms with van der Waals surface area (Å²) in [5.74, 6) is 6.66. The zero-order valence-corrected chi connectivity index (χ0v) is 13.8. The maximum absolute atomic E-state index is 5.86. The quantitative estimate of drug-likeness (QED) is 0.643. The van der Waals surface area contributed by atoms with Gasteiger partial charge in [0.1, 0.15) is 10.8 Å². The van der Waals surface area contributed by atoms with Crippen molar-refractivity contribution in [3.05, 3.63) is 29.1 Å². The van der Waals surface area contributed by atoms with Gasteiger partial charge in [-0.15, -0.1) is 16.9 Å². The van der Waals surface area contributed by atoms with Gasteiger partial charge in [0.05, 0.1) is 22.4 Å². The van der Waals surface area contributed by atoms with Crippen molar-refractivity contribution in [1.29, 1.82) is 0 Å². The Hall–Kier alpha value is -2.33. The molecule has 0 aliphatic carbocycles. The van der Waals surface area contributed by atoms with Gasteiger partial charge in [-0.05, 0) is 39.2 Å². The van der Waals surface area contributed by atoms with Crippen molar-refractivity contribution in [2.24, 2.45) is 0 Å². The molecule has 0 unspecified atom stereocenters. The molecule has 2 rings (SSSR count). The number of hydrogen-bond acceptors (Lipinski definition) is 7. The van der Waals surface area contributed by atoms with Crippen LogP contribution in [0.5, 0.6) is 0 Å². The summed E-state index contributed by atoms with van der Waals surface area (Å²) in [5, 5.41) is 9.26. The molecule has 0 fully saturated rings. The normalized spacial score (nSPS) is 10.9. The van der Waals surface area contributed by atoms with Crippen molar-refractivity contribution < 1.29 is 0 Å². The third-order valence-electron chi connectivity index (χ3n) is 3.12. The lowest BCUT2D eigenvalue weighted by Gasteiger charge is -2.16.